The van der Waals surface area contributed by atoms with E-state index in [1.165, 1.54) is 0 Å². The van der Waals surface area contributed by atoms with Gasteiger partial charge >= 0.3 is 0 Å². The lowest BCUT2D eigenvalue weighted by Crippen LogP contribution is -2.41. The molecule has 150 valence electrons. The fourth-order valence-electron chi connectivity index (χ4n) is 3.35. The van der Waals surface area contributed by atoms with Gasteiger partial charge in [-0.15, -0.1) is 0 Å². The molecule has 4 rings (SSSR count). The van der Waals surface area contributed by atoms with Crippen molar-refractivity contribution in [2.75, 3.05) is 39.4 Å². The van der Waals surface area contributed by atoms with E-state index in [1.807, 2.05) is 60.0 Å². The van der Waals surface area contributed by atoms with Crippen molar-refractivity contribution in [3.63, 3.8) is 0 Å². The van der Waals surface area contributed by atoms with Crippen LogP contribution in [0.15, 0.2) is 42.7 Å². The van der Waals surface area contributed by atoms with Crippen molar-refractivity contribution in [2.45, 2.75) is 6.92 Å². The maximum absolute atomic E-state index is 12.6. The van der Waals surface area contributed by atoms with Crippen molar-refractivity contribution >= 4 is 23.7 Å². The van der Waals surface area contributed by atoms with Crippen LogP contribution in [0.5, 0.6) is 0 Å². The Labute approximate surface area is 170 Å². The molecule has 3 aromatic heterocycles. The van der Waals surface area contributed by atoms with Crippen LogP contribution in [0.1, 0.15) is 27.4 Å². The number of fused-ring (bicyclic) bond motifs is 1. The van der Waals surface area contributed by atoms with E-state index in [4.69, 9.17) is 4.74 Å². The average Bonchev–Trinajstić information content (AvgIpc) is 3.16. The summed E-state index contributed by atoms with van der Waals surface area (Å²) < 4.78 is 7.18. The number of aryl methyl sites for hydroxylation is 1. The molecule has 1 N–H and O–H groups in total. The number of nitrogens with zero attached hydrogens (tertiary/aromatic N) is 4. The Morgan fingerprint density at radius 3 is 2.90 bits per heavy atom. The van der Waals surface area contributed by atoms with Crippen LogP contribution in [0.25, 0.3) is 17.8 Å². The fourth-order valence-corrected chi connectivity index (χ4v) is 3.35. The molecule has 1 aliphatic rings. The quantitative estimate of drug-likeness (QED) is 0.698. The van der Waals surface area contributed by atoms with E-state index < -0.39 is 0 Å². The Bertz CT molecular complexity index is 1020. The van der Waals surface area contributed by atoms with Crippen molar-refractivity contribution < 1.29 is 9.53 Å². The normalized spacial score (nSPS) is 15.2. The van der Waals surface area contributed by atoms with Crippen LogP contribution in [0.2, 0.25) is 0 Å². The molecular weight excluding hydrogens is 366 g/mol. The van der Waals surface area contributed by atoms with Crippen LogP contribution < -0.4 is 5.32 Å². The molecule has 0 radical (unpaired) electrons. The average molecular weight is 391 g/mol. The van der Waals surface area contributed by atoms with Crippen molar-refractivity contribution in [2.24, 2.45) is 0 Å². The molecule has 7 heteroatoms. The molecule has 1 aliphatic heterocycles. The third-order valence-electron chi connectivity index (χ3n) is 4.93. The summed E-state index contributed by atoms with van der Waals surface area (Å²) in [4.78, 5) is 23.8. The number of morpholine rings is 1. The van der Waals surface area contributed by atoms with Gasteiger partial charge in [-0.05, 0) is 42.8 Å². The molecule has 29 heavy (non-hydrogen) atoms. The van der Waals surface area contributed by atoms with E-state index in [2.05, 4.69) is 20.2 Å². The number of imidazole rings is 1. The Hall–Kier alpha value is -3.03. The summed E-state index contributed by atoms with van der Waals surface area (Å²) in [6.45, 7) is 6.74. The summed E-state index contributed by atoms with van der Waals surface area (Å²) in [5.74, 6) is -0.118. The molecule has 3 aromatic rings. The van der Waals surface area contributed by atoms with Gasteiger partial charge in [0.15, 0.2) is 0 Å². The lowest BCUT2D eigenvalue weighted by atomic mass is 10.2. The molecule has 1 amide bonds. The van der Waals surface area contributed by atoms with E-state index in [0.29, 0.717) is 12.2 Å². The first-order chi connectivity index (χ1) is 14.2. The number of rotatable bonds is 6. The van der Waals surface area contributed by atoms with Gasteiger partial charge in [0.1, 0.15) is 11.3 Å². The number of nitrogens with one attached hydrogen (secondary N) is 1. The van der Waals surface area contributed by atoms with E-state index >= 15 is 0 Å². The third kappa shape index (κ3) is 4.88. The van der Waals surface area contributed by atoms with Gasteiger partial charge in [0, 0.05) is 38.1 Å². The van der Waals surface area contributed by atoms with Gasteiger partial charge in [0.2, 0.25) is 0 Å². The maximum Gasteiger partial charge on any atom is 0.269 e. The third-order valence-corrected chi connectivity index (χ3v) is 4.93. The zero-order valence-corrected chi connectivity index (χ0v) is 16.5. The second-order valence-electron chi connectivity index (χ2n) is 7.08. The molecule has 0 spiro atoms. The first kappa shape index (κ1) is 19.3. The molecule has 1 fully saturated rings. The van der Waals surface area contributed by atoms with Crippen molar-refractivity contribution in [1.29, 1.82) is 0 Å². The highest BCUT2D eigenvalue weighted by Crippen LogP contribution is 2.12. The summed E-state index contributed by atoms with van der Waals surface area (Å²) in [7, 11) is 0. The highest BCUT2D eigenvalue weighted by atomic mass is 16.5. The predicted octanol–water partition coefficient (Wildman–Crippen LogP) is 2.27. The number of hydrogen-bond acceptors (Lipinski definition) is 5. The van der Waals surface area contributed by atoms with Gasteiger partial charge in [-0.1, -0.05) is 12.1 Å². The van der Waals surface area contributed by atoms with Gasteiger partial charge in [-0.3, -0.25) is 19.1 Å². The summed E-state index contributed by atoms with van der Waals surface area (Å²) in [6, 6.07) is 9.81. The van der Waals surface area contributed by atoms with Crippen molar-refractivity contribution in [3.05, 3.63) is 65.4 Å². The summed E-state index contributed by atoms with van der Waals surface area (Å²) >= 11 is 0. The molecule has 4 heterocycles. The molecule has 0 atom stereocenters. The number of amides is 1. The first-order valence-corrected chi connectivity index (χ1v) is 9.86. The molecule has 0 aromatic carbocycles. The van der Waals surface area contributed by atoms with Gasteiger partial charge in [-0.25, -0.2) is 4.98 Å². The molecule has 0 unspecified atom stereocenters. The van der Waals surface area contributed by atoms with Crippen LogP contribution in [0.3, 0.4) is 0 Å². The highest BCUT2D eigenvalue weighted by Gasteiger charge is 2.14. The second kappa shape index (κ2) is 8.98. The van der Waals surface area contributed by atoms with Gasteiger partial charge < -0.3 is 10.1 Å². The maximum atomic E-state index is 12.6. The second-order valence-corrected chi connectivity index (χ2v) is 7.08. The minimum absolute atomic E-state index is 0.118. The highest BCUT2D eigenvalue weighted by molar-refractivity contribution is 5.93. The summed E-state index contributed by atoms with van der Waals surface area (Å²) in [6.07, 6.45) is 7.50. The lowest BCUT2D eigenvalue weighted by Gasteiger charge is -2.26. The minimum Gasteiger partial charge on any atom is -0.379 e. The zero-order chi connectivity index (χ0) is 20.1. The van der Waals surface area contributed by atoms with E-state index in [9.17, 15) is 4.79 Å². The number of aromatic nitrogens is 3. The lowest BCUT2D eigenvalue weighted by molar-refractivity contribution is 0.0383. The van der Waals surface area contributed by atoms with Crippen LogP contribution in [0.4, 0.5) is 0 Å². The molecule has 0 aliphatic carbocycles. The van der Waals surface area contributed by atoms with Crippen LogP contribution in [-0.2, 0) is 4.74 Å². The summed E-state index contributed by atoms with van der Waals surface area (Å²) in [5.41, 5.74) is 4.13. The first-order valence-electron chi connectivity index (χ1n) is 9.86. The van der Waals surface area contributed by atoms with Gasteiger partial charge in [-0.2, -0.15) is 0 Å². The van der Waals surface area contributed by atoms with Gasteiger partial charge in [0.25, 0.3) is 5.91 Å². The van der Waals surface area contributed by atoms with E-state index in [0.717, 1.165) is 55.4 Å². The minimum atomic E-state index is -0.118. The Kier molecular flexibility index (Phi) is 5.97. The number of ether oxygens (including phenoxy) is 1. The molecule has 0 bridgehead atoms. The predicted molar refractivity (Wildman–Crippen MR) is 113 cm³/mol. The fraction of sp³-hybridized carbons (Fsp3) is 0.318. The largest absolute Gasteiger partial charge is 0.379 e. The summed E-state index contributed by atoms with van der Waals surface area (Å²) in [5, 5.41) is 3.00. The van der Waals surface area contributed by atoms with Crippen LogP contribution in [-0.4, -0.2) is 64.6 Å². The van der Waals surface area contributed by atoms with E-state index in [-0.39, 0.29) is 5.91 Å². The number of carbonyl (C=O) groups is 1. The molecule has 7 nitrogen and oxygen atoms in total. The van der Waals surface area contributed by atoms with E-state index in [1.54, 1.807) is 6.20 Å². The molecule has 0 saturated carbocycles. The monoisotopic (exact) mass is 391 g/mol. The Morgan fingerprint density at radius 1 is 1.21 bits per heavy atom. The Morgan fingerprint density at radius 2 is 2.07 bits per heavy atom. The number of hydrogen-bond donors (Lipinski definition) is 1. The van der Waals surface area contributed by atoms with Crippen molar-refractivity contribution in [3.8, 4) is 0 Å². The SMILES string of the molecule is Cc1cccc(/C=C\c2ccc3ncc(C(=O)NCCN4CCOCC4)n3c2)n1. The topological polar surface area (TPSA) is 71.8 Å². The smallest absolute Gasteiger partial charge is 0.269 e. The zero-order valence-electron chi connectivity index (χ0n) is 16.5. The van der Waals surface area contributed by atoms with Crippen LogP contribution in [0, 0.1) is 6.92 Å². The van der Waals surface area contributed by atoms with Crippen molar-refractivity contribution in [1.82, 2.24) is 24.6 Å². The van der Waals surface area contributed by atoms with Crippen LogP contribution >= 0.6 is 0 Å². The van der Waals surface area contributed by atoms with Gasteiger partial charge in [0.05, 0.1) is 25.1 Å². The molecule has 1 saturated heterocycles. The Balaban J connectivity index is 1.44. The number of carbonyl (C=O) groups excluding carboxylic acids is 1. The standard InChI is InChI=1S/C22H25N5O2/c1-17-3-2-4-19(25-17)7-5-18-6-8-21-24-15-20(27(21)16-18)22(28)23-9-10-26-11-13-29-14-12-26/h2-8,15-16H,9-14H2,1H3,(H,23,28)/b7-5-. The number of pyridine rings is 2. The molecular formula is C22H25N5O2.